The largest absolute Gasteiger partial charge is 0.488 e. The lowest BCUT2D eigenvalue weighted by Gasteiger charge is -2.18. The van der Waals surface area contributed by atoms with Gasteiger partial charge in [0, 0.05) is 18.4 Å². The highest BCUT2D eigenvalue weighted by atomic mass is 16.6. The van der Waals surface area contributed by atoms with Crippen LogP contribution in [0.25, 0.3) is 0 Å². The first kappa shape index (κ1) is 18.3. The van der Waals surface area contributed by atoms with E-state index in [1.807, 2.05) is 42.5 Å². The fourth-order valence-electron chi connectivity index (χ4n) is 3.47. The number of hydrogen-bond donors (Lipinski definition) is 1. The summed E-state index contributed by atoms with van der Waals surface area (Å²) in [5.74, 6) is 1.33. The normalized spacial score (nSPS) is 19.2. The number of carbonyl (C=O) groups is 1. The van der Waals surface area contributed by atoms with Crippen LogP contribution in [0, 0.1) is 0 Å². The smallest absolute Gasteiger partial charge is 0.264 e. The lowest BCUT2D eigenvalue weighted by atomic mass is 10.0. The predicted molar refractivity (Wildman–Crippen MR) is 106 cm³/mol. The van der Waals surface area contributed by atoms with Crippen LogP contribution in [0.2, 0.25) is 0 Å². The van der Waals surface area contributed by atoms with Gasteiger partial charge in [0.25, 0.3) is 5.91 Å². The molecule has 2 aliphatic heterocycles. The number of amides is 1. The standard InChI is InChI=1S/C22H24N2O4/c1-22(2)14-16-9-6-10-18(20(16)27-22)26-12-11-23-21(25)19-13-17(24-28-19)15-7-4-3-5-8-15/h3-10,19H,11-14H2,1-2H3,(H,23,25)/t19-/m0/s1. The van der Waals surface area contributed by atoms with E-state index < -0.39 is 6.10 Å². The number of ether oxygens (including phenoxy) is 2. The van der Waals surface area contributed by atoms with Gasteiger partial charge in [-0.15, -0.1) is 0 Å². The van der Waals surface area contributed by atoms with Crippen molar-refractivity contribution in [2.24, 2.45) is 5.16 Å². The van der Waals surface area contributed by atoms with Crippen molar-refractivity contribution in [2.45, 2.75) is 38.4 Å². The summed E-state index contributed by atoms with van der Waals surface area (Å²) in [6.07, 6.45) is 0.727. The van der Waals surface area contributed by atoms with Gasteiger partial charge in [-0.25, -0.2) is 0 Å². The third-order valence-corrected chi connectivity index (χ3v) is 4.78. The highest BCUT2D eigenvalue weighted by Gasteiger charge is 2.32. The SMILES string of the molecule is CC1(C)Cc2cccc(OCCNC(=O)[C@@H]3CC(c4ccccc4)=NO3)c2O1. The van der Waals surface area contributed by atoms with E-state index in [0.717, 1.165) is 29.0 Å². The molecule has 6 heteroatoms. The number of fused-ring (bicyclic) bond motifs is 1. The van der Waals surface area contributed by atoms with Crippen LogP contribution in [0.3, 0.4) is 0 Å². The molecule has 1 N–H and O–H groups in total. The van der Waals surface area contributed by atoms with Crippen molar-refractivity contribution in [1.29, 1.82) is 0 Å². The summed E-state index contributed by atoms with van der Waals surface area (Å²) in [4.78, 5) is 17.6. The Balaban J connectivity index is 1.24. The molecule has 2 aliphatic rings. The predicted octanol–water partition coefficient (Wildman–Crippen LogP) is 3.09. The Morgan fingerprint density at radius 2 is 2.04 bits per heavy atom. The molecular formula is C22H24N2O4. The van der Waals surface area contributed by atoms with Crippen molar-refractivity contribution in [3.8, 4) is 11.5 Å². The van der Waals surface area contributed by atoms with E-state index >= 15 is 0 Å². The molecule has 2 aromatic rings. The third-order valence-electron chi connectivity index (χ3n) is 4.78. The van der Waals surface area contributed by atoms with Gasteiger partial charge in [-0.05, 0) is 25.5 Å². The molecule has 0 bridgehead atoms. The molecule has 1 amide bonds. The van der Waals surface area contributed by atoms with Gasteiger partial charge >= 0.3 is 0 Å². The fraction of sp³-hybridized carbons (Fsp3) is 0.364. The van der Waals surface area contributed by atoms with Crippen LogP contribution in [0.15, 0.2) is 53.7 Å². The second-order valence-electron chi connectivity index (χ2n) is 7.62. The molecule has 0 saturated heterocycles. The first-order valence-electron chi connectivity index (χ1n) is 9.51. The molecule has 0 aliphatic carbocycles. The summed E-state index contributed by atoms with van der Waals surface area (Å²) in [5.41, 5.74) is 2.70. The first-order chi connectivity index (χ1) is 13.5. The summed E-state index contributed by atoms with van der Waals surface area (Å²) in [6, 6.07) is 15.6. The molecule has 2 heterocycles. The highest BCUT2D eigenvalue weighted by Crippen LogP contribution is 2.41. The van der Waals surface area contributed by atoms with Crippen LogP contribution in [0.4, 0.5) is 0 Å². The minimum atomic E-state index is -0.597. The molecule has 146 valence electrons. The Kier molecular flexibility index (Phi) is 4.94. The number of rotatable bonds is 6. The molecule has 6 nitrogen and oxygen atoms in total. The minimum Gasteiger partial charge on any atom is -0.488 e. The molecule has 4 rings (SSSR count). The number of nitrogens with one attached hydrogen (secondary N) is 1. The lowest BCUT2D eigenvalue weighted by Crippen LogP contribution is -2.37. The molecule has 0 spiro atoms. The van der Waals surface area contributed by atoms with Crippen LogP contribution in [-0.2, 0) is 16.1 Å². The third kappa shape index (κ3) is 3.96. The van der Waals surface area contributed by atoms with Crippen molar-refractivity contribution >= 4 is 11.6 Å². The van der Waals surface area contributed by atoms with Crippen LogP contribution in [0.5, 0.6) is 11.5 Å². The summed E-state index contributed by atoms with van der Waals surface area (Å²) in [6.45, 7) is 4.85. The van der Waals surface area contributed by atoms with E-state index in [2.05, 4.69) is 30.4 Å². The summed E-state index contributed by atoms with van der Waals surface area (Å²) >= 11 is 0. The Morgan fingerprint density at radius 3 is 2.86 bits per heavy atom. The number of nitrogens with zero attached hydrogens (tertiary/aromatic N) is 1. The van der Waals surface area contributed by atoms with Crippen LogP contribution < -0.4 is 14.8 Å². The molecular weight excluding hydrogens is 356 g/mol. The van der Waals surface area contributed by atoms with E-state index in [9.17, 15) is 4.79 Å². The second kappa shape index (κ2) is 7.54. The van der Waals surface area contributed by atoms with E-state index in [1.54, 1.807) is 0 Å². The molecule has 0 unspecified atom stereocenters. The van der Waals surface area contributed by atoms with E-state index in [0.29, 0.717) is 25.3 Å². The zero-order valence-corrected chi connectivity index (χ0v) is 16.1. The molecule has 2 aromatic carbocycles. The summed E-state index contributed by atoms with van der Waals surface area (Å²) < 4.78 is 11.8. The maximum atomic E-state index is 12.3. The van der Waals surface area contributed by atoms with Crippen LogP contribution in [-0.4, -0.2) is 36.5 Å². The van der Waals surface area contributed by atoms with Crippen LogP contribution >= 0.6 is 0 Å². The number of oxime groups is 1. The number of benzene rings is 2. The van der Waals surface area contributed by atoms with Gasteiger partial charge in [0.05, 0.1) is 12.3 Å². The van der Waals surface area contributed by atoms with Crippen molar-refractivity contribution < 1.29 is 19.1 Å². The first-order valence-corrected chi connectivity index (χ1v) is 9.51. The zero-order chi connectivity index (χ0) is 19.6. The van der Waals surface area contributed by atoms with Gasteiger partial charge in [0.2, 0.25) is 6.10 Å². The van der Waals surface area contributed by atoms with E-state index in [4.69, 9.17) is 14.3 Å². The Morgan fingerprint density at radius 1 is 1.21 bits per heavy atom. The summed E-state index contributed by atoms with van der Waals surface area (Å²) in [5, 5.41) is 6.89. The molecule has 0 saturated carbocycles. The van der Waals surface area contributed by atoms with Crippen molar-refractivity contribution in [1.82, 2.24) is 5.32 Å². The Bertz CT molecular complexity index is 893. The number of hydrogen-bond acceptors (Lipinski definition) is 5. The monoisotopic (exact) mass is 380 g/mol. The maximum Gasteiger partial charge on any atom is 0.264 e. The highest BCUT2D eigenvalue weighted by molar-refractivity contribution is 6.04. The van der Waals surface area contributed by atoms with Gasteiger partial charge in [0.15, 0.2) is 11.5 Å². The summed E-state index contributed by atoms with van der Waals surface area (Å²) in [7, 11) is 0. The lowest BCUT2D eigenvalue weighted by molar-refractivity contribution is -0.131. The minimum absolute atomic E-state index is 0.186. The molecule has 0 radical (unpaired) electrons. The number of carbonyl (C=O) groups excluding carboxylic acids is 1. The molecule has 1 atom stereocenters. The van der Waals surface area contributed by atoms with Crippen LogP contribution in [0.1, 0.15) is 31.4 Å². The average Bonchev–Trinajstić information content (AvgIpc) is 3.29. The van der Waals surface area contributed by atoms with E-state index in [-0.39, 0.29) is 11.5 Å². The maximum absolute atomic E-state index is 12.3. The fourth-order valence-corrected chi connectivity index (χ4v) is 3.47. The topological polar surface area (TPSA) is 69.2 Å². The average molecular weight is 380 g/mol. The molecule has 28 heavy (non-hydrogen) atoms. The molecule has 0 aromatic heterocycles. The Labute approximate surface area is 164 Å². The van der Waals surface area contributed by atoms with Gasteiger partial charge in [0.1, 0.15) is 12.2 Å². The molecule has 0 fully saturated rings. The van der Waals surface area contributed by atoms with Gasteiger partial charge < -0.3 is 19.6 Å². The van der Waals surface area contributed by atoms with Gasteiger partial charge in [-0.1, -0.05) is 47.6 Å². The number of para-hydroxylation sites is 1. The van der Waals surface area contributed by atoms with Crippen molar-refractivity contribution in [3.63, 3.8) is 0 Å². The van der Waals surface area contributed by atoms with Crippen molar-refractivity contribution in [3.05, 3.63) is 59.7 Å². The van der Waals surface area contributed by atoms with Gasteiger partial charge in [-0.2, -0.15) is 0 Å². The van der Waals surface area contributed by atoms with Gasteiger partial charge in [-0.3, -0.25) is 4.79 Å². The second-order valence-corrected chi connectivity index (χ2v) is 7.62. The zero-order valence-electron chi connectivity index (χ0n) is 16.1. The quantitative estimate of drug-likeness (QED) is 0.782. The Hall–Kier alpha value is -3.02. The van der Waals surface area contributed by atoms with E-state index in [1.165, 1.54) is 0 Å². The van der Waals surface area contributed by atoms with Crippen molar-refractivity contribution in [2.75, 3.05) is 13.2 Å².